The van der Waals surface area contributed by atoms with Crippen LogP contribution in [0, 0.1) is 18.3 Å². The molecule has 2 fully saturated rings. The molecule has 1 N–H and O–H groups in total. The van der Waals surface area contributed by atoms with Gasteiger partial charge in [0.1, 0.15) is 5.69 Å². The van der Waals surface area contributed by atoms with Gasteiger partial charge in [0, 0.05) is 18.5 Å². The van der Waals surface area contributed by atoms with Crippen molar-refractivity contribution in [3.05, 3.63) is 65.6 Å². The number of ether oxygens (including phenoxy) is 1. The van der Waals surface area contributed by atoms with E-state index in [9.17, 15) is 9.90 Å². The van der Waals surface area contributed by atoms with Gasteiger partial charge in [0.05, 0.1) is 18.9 Å². The molecule has 1 atom stereocenters. The number of imidazole rings is 1. The van der Waals surface area contributed by atoms with Gasteiger partial charge in [0.2, 0.25) is 0 Å². The van der Waals surface area contributed by atoms with Crippen LogP contribution in [-0.2, 0) is 0 Å². The number of carbonyl (C=O) groups excluding carboxylic acids is 1. The molecule has 5 rings (SSSR count). The molecule has 174 valence electrons. The van der Waals surface area contributed by atoms with Gasteiger partial charge in [0.15, 0.2) is 17.2 Å². The van der Waals surface area contributed by atoms with Crippen molar-refractivity contribution >= 4 is 11.4 Å². The van der Waals surface area contributed by atoms with Crippen LogP contribution < -0.4 is 4.74 Å². The maximum Gasteiger partial charge on any atom is 0.182 e. The van der Waals surface area contributed by atoms with Gasteiger partial charge in [-0.15, -0.1) is 0 Å². The number of Topliss-reactive ketones (excluding diaryl/α,β-unsaturated/α-hetero) is 1. The Bertz CT molecular complexity index is 1110. The molecule has 2 heterocycles. The Balaban J connectivity index is 1.30. The normalized spacial score (nSPS) is 18.8. The molecule has 0 unspecified atom stereocenters. The zero-order valence-electron chi connectivity index (χ0n) is 19.5. The number of nitrogens with zero attached hydrogens (tertiary/aromatic N) is 2. The largest absolute Gasteiger partial charge is 0.489 e. The van der Waals surface area contributed by atoms with E-state index in [1.54, 1.807) is 0 Å². The van der Waals surface area contributed by atoms with E-state index in [0.717, 1.165) is 11.3 Å². The van der Waals surface area contributed by atoms with Crippen molar-refractivity contribution in [2.24, 2.45) is 11.3 Å². The maximum absolute atomic E-state index is 13.3. The zero-order valence-corrected chi connectivity index (χ0v) is 19.5. The fourth-order valence-corrected chi connectivity index (χ4v) is 5.78. The highest BCUT2D eigenvalue weighted by molar-refractivity contribution is 5.97. The standard InChI is InChI=1S/C28H34N2O3/c1-20-26(24(32)17-23(18-31)22-7-3-2-4-8-22)30-16-5-9-25(27(30)29-20)33-19-21-10-14-28(15-11-21)12-6-13-28/h2-5,7-9,16,21,23,31H,6,10-15,17-19H2,1H3/t23-/m0/s1. The van der Waals surface area contributed by atoms with Gasteiger partial charge in [-0.2, -0.15) is 0 Å². The van der Waals surface area contributed by atoms with E-state index in [1.165, 1.54) is 44.9 Å². The predicted molar refractivity (Wildman–Crippen MR) is 129 cm³/mol. The Hall–Kier alpha value is -2.66. The number of fused-ring (bicyclic) bond motifs is 1. The molecule has 5 nitrogen and oxygen atoms in total. The van der Waals surface area contributed by atoms with Gasteiger partial charge in [-0.05, 0) is 74.5 Å². The summed E-state index contributed by atoms with van der Waals surface area (Å²) in [6, 6.07) is 13.6. The summed E-state index contributed by atoms with van der Waals surface area (Å²) in [6.07, 6.45) is 11.6. The maximum atomic E-state index is 13.3. The van der Waals surface area contributed by atoms with E-state index in [1.807, 2.05) is 60.0 Å². The monoisotopic (exact) mass is 446 g/mol. The van der Waals surface area contributed by atoms with Crippen LogP contribution in [-0.4, -0.2) is 33.5 Å². The van der Waals surface area contributed by atoms with E-state index in [2.05, 4.69) is 0 Å². The van der Waals surface area contributed by atoms with Crippen LogP contribution in [0.5, 0.6) is 5.75 Å². The predicted octanol–water partition coefficient (Wildman–Crippen LogP) is 5.73. The summed E-state index contributed by atoms with van der Waals surface area (Å²) in [6.45, 7) is 2.52. The number of rotatable bonds is 8. The molecule has 2 aliphatic rings. The number of aliphatic hydroxyl groups excluding tert-OH is 1. The third kappa shape index (κ3) is 4.43. The molecular formula is C28H34N2O3. The molecule has 0 aliphatic heterocycles. The third-order valence-electron chi connectivity index (χ3n) is 8.03. The van der Waals surface area contributed by atoms with Crippen molar-refractivity contribution in [1.82, 2.24) is 9.38 Å². The minimum Gasteiger partial charge on any atom is -0.489 e. The van der Waals surface area contributed by atoms with Gasteiger partial charge in [-0.25, -0.2) is 4.98 Å². The first kappa shape index (κ1) is 22.1. The Morgan fingerprint density at radius 3 is 2.58 bits per heavy atom. The molecule has 5 heteroatoms. The van der Waals surface area contributed by atoms with Crippen LogP contribution in [0.2, 0.25) is 0 Å². The number of benzene rings is 1. The average molecular weight is 447 g/mol. The van der Waals surface area contributed by atoms with Crippen molar-refractivity contribution in [3.8, 4) is 5.75 Å². The van der Waals surface area contributed by atoms with E-state index in [-0.39, 0.29) is 24.7 Å². The quantitative estimate of drug-likeness (QED) is 0.449. The number of aryl methyl sites for hydroxylation is 1. The minimum atomic E-state index is -0.228. The lowest BCUT2D eigenvalue weighted by Gasteiger charge is -2.47. The highest BCUT2D eigenvalue weighted by Gasteiger charge is 2.40. The number of aromatic nitrogens is 2. The van der Waals surface area contributed by atoms with E-state index in [0.29, 0.717) is 35.0 Å². The summed E-state index contributed by atoms with van der Waals surface area (Å²) in [4.78, 5) is 18.0. The highest BCUT2D eigenvalue weighted by Crippen LogP contribution is 2.52. The fourth-order valence-electron chi connectivity index (χ4n) is 5.78. The second-order valence-electron chi connectivity index (χ2n) is 10.1. The topological polar surface area (TPSA) is 63.8 Å². The number of hydrogen-bond acceptors (Lipinski definition) is 4. The van der Waals surface area contributed by atoms with Crippen molar-refractivity contribution in [2.45, 2.75) is 64.2 Å². The summed E-state index contributed by atoms with van der Waals surface area (Å²) in [5, 5.41) is 9.90. The molecule has 0 saturated heterocycles. The first-order valence-electron chi connectivity index (χ1n) is 12.4. The van der Waals surface area contributed by atoms with Gasteiger partial charge < -0.3 is 9.84 Å². The third-order valence-corrected chi connectivity index (χ3v) is 8.03. The second kappa shape index (κ2) is 9.30. The molecule has 3 aromatic rings. The molecule has 33 heavy (non-hydrogen) atoms. The molecule has 0 amide bonds. The number of pyridine rings is 1. The molecular weight excluding hydrogens is 412 g/mol. The molecule has 2 aliphatic carbocycles. The first-order chi connectivity index (χ1) is 16.1. The van der Waals surface area contributed by atoms with Gasteiger partial charge in [-0.1, -0.05) is 36.8 Å². The number of hydrogen-bond donors (Lipinski definition) is 1. The van der Waals surface area contributed by atoms with Crippen LogP contribution in [0.1, 0.15) is 79.0 Å². The van der Waals surface area contributed by atoms with E-state index in [4.69, 9.17) is 9.72 Å². The lowest BCUT2D eigenvalue weighted by molar-refractivity contribution is 0.0433. The van der Waals surface area contributed by atoms with Crippen LogP contribution in [0.25, 0.3) is 5.65 Å². The Morgan fingerprint density at radius 2 is 1.91 bits per heavy atom. The number of ketones is 1. The molecule has 1 aromatic carbocycles. The summed E-state index contributed by atoms with van der Waals surface area (Å²) >= 11 is 0. The van der Waals surface area contributed by atoms with Crippen molar-refractivity contribution in [2.75, 3.05) is 13.2 Å². The van der Waals surface area contributed by atoms with Crippen LogP contribution in [0.4, 0.5) is 0 Å². The summed E-state index contributed by atoms with van der Waals surface area (Å²) < 4.78 is 8.12. The average Bonchev–Trinajstić information content (AvgIpc) is 3.17. The van der Waals surface area contributed by atoms with Crippen LogP contribution >= 0.6 is 0 Å². The lowest BCUT2D eigenvalue weighted by atomic mass is 9.59. The zero-order chi connectivity index (χ0) is 22.8. The second-order valence-corrected chi connectivity index (χ2v) is 10.1. The van der Waals surface area contributed by atoms with E-state index >= 15 is 0 Å². The molecule has 2 saturated carbocycles. The van der Waals surface area contributed by atoms with Gasteiger partial charge in [0.25, 0.3) is 0 Å². The Morgan fingerprint density at radius 1 is 1.15 bits per heavy atom. The SMILES string of the molecule is Cc1nc2c(OCC3CCC4(CCC4)CC3)cccn2c1C(=O)C[C@@H](CO)c1ccccc1. The highest BCUT2D eigenvalue weighted by atomic mass is 16.5. The Labute approximate surface area is 195 Å². The number of aliphatic hydroxyl groups is 1. The van der Waals surface area contributed by atoms with Crippen LogP contribution in [0.3, 0.4) is 0 Å². The van der Waals surface area contributed by atoms with Crippen molar-refractivity contribution in [3.63, 3.8) is 0 Å². The summed E-state index contributed by atoms with van der Waals surface area (Å²) in [5.41, 5.74) is 3.61. The fraction of sp³-hybridized carbons (Fsp3) is 0.500. The van der Waals surface area contributed by atoms with Crippen LogP contribution in [0.15, 0.2) is 48.7 Å². The first-order valence-corrected chi connectivity index (χ1v) is 12.4. The molecule has 1 spiro atoms. The van der Waals surface area contributed by atoms with Gasteiger partial charge >= 0.3 is 0 Å². The summed E-state index contributed by atoms with van der Waals surface area (Å²) in [7, 11) is 0. The minimum absolute atomic E-state index is 0.0156. The molecule has 0 radical (unpaired) electrons. The summed E-state index contributed by atoms with van der Waals surface area (Å²) in [5.74, 6) is 1.10. The lowest BCUT2D eigenvalue weighted by Crippen LogP contribution is -2.35. The smallest absolute Gasteiger partial charge is 0.182 e. The van der Waals surface area contributed by atoms with Gasteiger partial charge in [-0.3, -0.25) is 9.20 Å². The molecule has 2 aromatic heterocycles. The Kier molecular flexibility index (Phi) is 6.24. The van der Waals surface area contributed by atoms with Crippen molar-refractivity contribution < 1.29 is 14.6 Å². The van der Waals surface area contributed by atoms with Crippen molar-refractivity contribution in [1.29, 1.82) is 0 Å². The van der Waals surface area contributed by atoms with E-state index < -0.39 is 0 Å². The molecule has 0 bridgehead atoms. The number of carbonyl (C=O) groups is 1.